The van der Waals surface area contributed by atoms with E-state index in [1.54, 1.807) is 13.8 Å². The minimum Gasteiger partial charge on any atom is -0.476 e. The molecule has 0 amide bonds. The maximum atomic E-state index is 8.87. The van der Waals surface area contributed by atoms with Crippen LogP contribution in [-0.2, 0) is 0 Å². The van der Waals surface area contributed by atoms with Crippen LogP contribution < -0.4 is 4.74 Å². The molecule has 1 atom stereocenters. The summed E-state index contributed by atoms with van der Waals surface area (Å²) in [4.78, 5) is 0. The molecule has 0 radical (unpaired) electrons. The molecule has 0 aromatic heterocycles. The second kappa shape index (κ2) is 4.82. The molecule has 0 heterocycles. The average Bonchev–Trinajstić information content (AvgIpc) is 2.30. The zero-order chi connectivity index (χ0) is 12.1. The van der Waals surface area contributed by atoms with Crippen LogP contribution in [0.5, 0.6) is 5.75 Å². The van der Waals surface area contributed by atoms with Gasteiger partial charge >= 0.3 is 0 Å². The van der Waals surface area contributed by atoms with Gasteiger partial charge in [-0.2, -0.15) is 15.8 Å². The van der Waals surface area contributed by atoms with E-state index in [0.29, 0.717) is 22.4 Å². The lowest BCUT2D eigenvalue weighted by Gasteiger charge is -2.09. The molecule has 0 fully saturated rings. The fraction of sp³-hybridized carbons (Fsp3) is 0.250. The zero-order valence-electron chi connectivity index (χ0n) is 8.98. The fourth-order valence-corrected chi connectivity index (χ4v) is 1.22. The molecule has 0 saturated heterocycles. The van der Waals surface area contributed by atoms with Crippen LogP contribution in [0.25, 0.3) is 0 Å². The van der Waals surface area contributed by atoms with E-state index < -0.39 is 6.10 Å². The van der Waals surface area contributed by atoms with Crippen molar-refractivity contribution in [2.24, 2.45) is 0 Å². The van der Waals surface area contributed by atoms with Crippen molar-refractivity contribution in [2.75, 3.05) is 0 Å². The molecular formula is C12H9N3O. The predicted molar refractivity (Wildman–Crippen MR) is 56.3 cm³/mol. The lowest BCUT2D eigenvalue weighted by atomic mass is 10.0. The lowest BCUT2D eigenvalue weighted by Crippen LogP contribution is -2.08. The highest BCUT2D eigenvalue weighted by Crippen LogP contribution is 2.22. The Hall–Kier alpha value is -2.51. The summed E-state index contributed by atoms with van der Waals surface area (Å²) in [5.74, 6) is 0.368. The highest BCUT2D eigenvalue weighted by Gasteiger charge is 2.09. The molecule has 0 aliphatic heterocycles. The third-order valence-electron chi connectivity index (χ3n) is 2.12. The van der Waals surface area contributed by atoms with Crippen LogP contribution in [0.2, 0.25) is 0 Å². The van der Waals surface area contributed by atoms with E-state index in [9.17, 15) is 0 Å². The Morgan fingerprint density at radius 2 is 1.62 bits per heavy atom. The van der Waals surface area contributed by atoms with Crippen LogP contribution >= 0.6 is 0 Å². The van der Waals surface area contributed by atoms with Crippen LogP contribution in [0.1, 0.15) is 23.6 Å². The first-order valence-electron chi connectivity index (χ1n) is 4.63. The smallest absolute Gasteiger partial charge is 0.181 e. The number of nitriles is 3. The minimum atomic E-state index is -0.610. The summed E-state index contributed by atoms with van der Waals surface area (Å²) < 4.78 is 5.24. The maximum absolute atomic E-state index is 8.87. The van der Waals surface area contributed by atoms with Crippen molar-refractivity contribution in [1.82, 2.24) is 0 Å². The number of benzene rings is 1. The monoisotopic (exact) mass is 211 g/mol. The van der Waals surface area contributed by atoms with Gasteiger partial charge in [-0.05, 0) is 31.5 Å². The van der Waals surface area contributed by atoms with Gasteiger partial charge in [0.15, 0.2) is 6.10 Å². The summed E-state index contributed by atoms with van der Waals surface area (Å²) in [7, 11) is 0. The average molecular weight is 211 g/mol. The first-order valence-corrected chi connectivity index (χ1v) is 4.63. The third kappa shape index (κ3) is 2.29. The highest BCUT2D eigenvalue weighted by molar-refractivity contribution is 5.52. The molecule has 0 saturated carbocycles. The van der Waals surface area contributed by atoms with Crippen LogP contribution in [-0.4, -0.2) is 6.10 Å². The van der Waals surface area contributed by atoms with Crippen molar-refractivity contribution in [3.63, 3.8) is 0 Å². The second-order valence-corrected chi connectivity index (χ2v) is 3.26. The van der Waals surface area contributed by atoms with Crippen molar-refractivity contribution < 1.29 is 4.74 Å². The summed E-state index contributed by atoms with van der Waals surface area (Å²) in [6, 6.07) is 8.95. The Labute approximate surface area is 93.9 Å². The van der Waals surface area contributed by atoms with Crippen molar-refractivity contribution >= 4 is 0 Å². The second-order valence-electron chi connectivity index (χ2n) is 3.26. The van der Waals surface area contributed by atoms with Gasteiger partial charge in [0.05, 0.1) is 23.3 Å². The molecule has 0 aliphatic carbocycles. The molecule has 78 valence electrons. The summed E-state index contributed by atoms with van der Waals surface area (Å²) in [5, 5.41) is 26.3. The van der Waals surface area contributed by atoms with E-state index in [1.807, 2.05) is 18.2 Å². The largest absolute Gasteiger partial charge is 0.476 e. The van der Waals surface area contributed by atoms with Crippen molar-refractivity contribution in [2.45, 2.75) is 20.0 Å². The molecule has 1 rings (SSSR count). The number of ether oxygens (including phenoxy) is 1. The van der Waals surface area contributed by atoms with E-state index in [4.69, 9.17) is 20.5 Å². The van der Waals surface area contributed by atoms with Crippen LogP contribution in [0, 0.1) is 40.9 Å². The van der Waals surface area contributed by atoms with E-state index >= 15 is 0 Å². The normalized spacial score (nSPS) is 10.7. The van der Waals surface area contributed by atoms with Crippen molar-refractivity contribution in [3.8, 4) is 24.0 Å². The van der Waals surface area contributed by atoms with E-state index in [0.717, 1.165) is 0 Å². The van der Waals surface area contributed by atoms with E-state index in [2.05, 4.69) is 0 Å². The molecule has 16 heavy (non-hydrogen) atoms. The first kappa shape index (κ1) is 11.6. The van der Waals surface area contributed by atoms with Gasteiger partial charge in [-0.15, -0.1) is 0 Å². The molecule has 1 aromatic carbocycles. The number of rotatable bonds is 2. The van der Waals surface area contributed by atoms with Gasteiger partial charge in [0.2, 0.25) is 0 Å². The summed E-state index contributed by atoms with van der Waals surface area (Å²) in [6.07, 6.45) is -0.610. The number of nitrogens with zero attached hydrogens (tertiary/aromatic N) is 3. The lowest BCUT2D eigenvalue weighted by molar-refractivity contribution is 0.276. The third-order valence-corrected chi connectivity index (χ3v) is 2.12. The molecule has 1 unspecified atom stereocenters. The minimum absolute atomic E-state index is 0.368. The standard InChI is InChI=1S/C12H9N3O/c1-8(5-13)16-12-3-10(6-14)9(2)11(4-12)7-15/h3-4,8H,1-2H3. The van der Waals surface area contributed by atoms with Gasteiger partial charge in [-0.1, -0.05) is 0 Å². The summed E-state index contributed by atoms with van der Waals surface area (Å²) >= 11 is 0. The molecule has 0 bridgehead atoms. The molecule has 4 nitrogen and oxygen atoms in total. The summed E-state index contributed by atoms with van der Waals surface area (Å²) in [5.41, 5.74) is 1.40. The van der Waals surface area contributed by atoms with Gasteiger partial charge in [0.1, 0.15) is 11.8 Å². The Bertz CT molecular complexity index is 494. The number of hydrogen-bond acceptors (Lipinski definition) is 4. The van der Waals surface area contributed by atoms with Crippen LogP contribution in [0.4, 0.5) is 0 Å². The SMILES string of the molecule is Cc1c(C#N)cc(OC(C)C#N)cc1C#N. The molecular weight excluding hydrogens is 202 g/mol. The van der Waals surface area contributed by atoms with E-state index in [1.165, 1.54) is 12.1 Å². The van der Waals surface area contributed by atoms with Crippen molar-refractivity contribution in [1.29, 1.82) is 15.8 Å². The maximum Gasteiger partial charge on any atom is 0.181 e. The fourth-order valence-electron chi connectivity index (χ4n) is 1.22. The Morgan fingerprint density at radius 1 is 1.12 bits per heavy atom. The Balaban J connectivity index is 3.21. The zero-order valence-corrected chi connectivity index (χ0v) is 8.98. The molecule has 0 aliphatic rings. The van der Waals surface area contributed by atoms with Gasteiger partial charge in [-0.3, -0.25) is 0 Å². The number of hydrogen-bond donors (Lipinski definition) is 0. The van der Waals surface area contributed by atoms with Gasteiger partial charge < -0.3 is 4.74 Å². The van der Waals surface area contributed by atoms with Crippen LogP contribution in [0.3, 0.4) is 0 Å². The molecule has 0 spiro atoms. The molecule has 0 N–H and O–H groups in total. The Morgan fingerprint density at radius 3 is 2.00 bits per heavy atom. The first-order chi connectivity index (χ1) is 7.62. The quantitative estimate of drug-likeness (QED) is 0.749. The summed E-state index contributed by atoms with van der Waals surface area (Å²) in [6.45, 7) is 3.30. The van der Waals surface area contributed by atoms with Gasteiger partial charge in [0.25, 0.3) is 0 Å². The van der Waals surface area contributed by atoms with Crippen LogP contribution in [0.15, 0.2) is 12.1 Å². The molecule has 4 heteroatoms. The topological polar surface area (TPSA) is 80.6 Å². The Kier molecular flexibility index (Phi) is 3.49. The highest BCUT2D eigenvalue weighted by atomic mass is 16.5. The predicted octanol–water partition coefficient (Wildman–Crippen LogP) is 2.03. The van der Waals surface area contributed by atoms with E-state index in [-0.39, 0.29) is 0 Å². The van der Waals surface area contributed by atoms with Crippen molar-refractivity contribution in [3.05, 3.63) is 28.8 Å². The van der Waals surface area contributed by atoms with Gasteiger partial charge in [-0.25, -0.2) is 0 Å². The molecule has 1 aromatic rings. The van der Waals surface area contributed by atoms with Gasteiger partial charge in [0, 0.05) is 0 Å².